The molecule has 0 aliphatic carbocycles. The second kappa shape index (κ2) is 5.96. The Bertz CT molecular complexity index is 536. The van der Waals surface area contributed by atoms with Crippen LogP contribution in [0, 0.1) is 11.6 Å². The second-order valence-electron chi connectivity index (χ2n) is 4.57. The quantitative estimate of drug-likeness (QED) is 0.842. The summed E-state index contributed by atoms with van der Waals surface area (Å²) in [6.45, 7) is 0.964. The van der Waals surface area contributed by atoms with Gasteiger partial charge in [0.25, 0.3) is 0 Å². The highest BCUT2D eigenvalue weighted by Crippen LogP contribution is 2.12. The first-order chi connectivity index (χ1) is 9.49. The van der Waals surface area contributed by atoms with E-state index in [1.54, 1.807) is 0 Å². The van der Waals surface area contributed by atoms with Crippen molar-refractivity contribution in [1.82, 2.24) is 10.2 Å². The largest absolute Gasteiger partial charge is 0.480 e. The van der Waals surface area contributed by atoms with Gasteiger partial charge in [0.05, 0.1) is 6.42 Å². The molecule has 1 fully saturated rings. The molecule has 1 amide bonds. The molecule has 1 aliphatic heterocycles. The molecule has 20 heavy (non-hydrogen) atoms. The van der Waals surface area contributed by atoms with E-state index in [2.05, 4.69) is 5.32 Å². The third-order valence-electron chi connectivity index (χ3n) is 3.19. The van der Waals surface area contributed by atoms with Crippen molar-refractivity contribution in [3.05, 3.63) is 35.4 Å². The molecule has 2 N–H and O–H groups in total. The minimum absolute atomic E-state index is 0.152. The Labute approximate surface area is 114 Å². The van der Waals surface area contributed by atoms with Crippen LogP contribution in [0.4, 0.5) is 8.78 Å². The van der Waals surface area contributed by atoms with E-state index in [0.29, 0.717) is 12.1 Å². The van der Waals surface area contributed by atoms with Crippen molar-refractivity contribution < 1.29 is 23.5 Å². The van der Waals surface area contributed by atoms with Gasteiger partial charge in [-0.15, -0.1) is 0 Å². The van der Waals surface area contributed by atoms with Crippen molar-refractivity contribution in [2.24, 2.45) is 0 Å². The van der Waals surface area contributed by atoms with Gasteiger partial charge in [0, 0.05) is 19.6 Å². The lowest BCUT2D eigenvalue weighted by Gasteiger charge is -2.33. The number of rotatable bonds is 3. The van der Waals surface area contributed by atoms with Gasteiger partial charge >= 0.3 is 5.97 Å². The summed E-state index contributed by atoms with van der Waals surface area (Å²) in [6, 6.07) is 2.28. The van der Waals surface area contributed by atoms with E-state index in [4.69, 9.17) is 5.11 Å². The minimum Gasteiger partial charge on any atom is -0.480 e. The van der Waals surface area contributed by atoms with Gasteiger partial charge in [-0.05, 0) is 17.7 Å². The molecule has 108 valence electrons. The number of carbonyl (C=O) groups excluding carboxylic acids is 1. The Balaban J connectivity index is 2.09. The number of nitrogens with zero attached hydrogens (tertiary/aromatic N) is 1. The molecule has 1 unspecified atom stereocenters. The van der Waals surface area contributed by atoms with Gasteiger partial charge in [0.2, 0.25) is 5.91 Å². The van der Waals surface area contributed by atoms with Crippen molar-refractivity contribution in [1.29, 1.82) is 0 Å². The summed E-state index contributed by atoms with van der Waals surface area (Å²) in [4.78, 5) is 24.4. The normalized spacial score (nSPS) is 18.9. The number of benzene rings is 1. The van der Waals surface area contributed by atoms with Crippen molar-refractivity contribution in [3.8, 4) is 0 Å². The zero-order valence-electron chi connectivity index (χ0n) is 10.6. The first kappa shape index (κ1) is 14.4. The molecule has 1 atom stereocenters. The number of amides is 1. The van der Waals surface area contributed by atoms with Crippen LogP contribution < -0.4 is 5.32 Å². The zero-order chi connectivity index (χ0) is 14.7. The number of carbonyl (C=O) groups is 2. The van der Waals surface area contributed by atoms with E-state index in [-0.39, 0.29) is 19.5 Å². The molecule has 0 spiro atoms. The van der Waals surface area contributed by atoms with Gasteiger partial charge in [-0.1, -0.05) is 6.07 Å². The lowest BCUT2D eigenvalue weighted by molar-refractivity contribution is -0.150. The maximum absolute atomic E-state index is 13.1. The Morgan fingerprint density at radius 1 is 1.35 bits per heavy atom. The Hall–Kier alpha value is -2.02. The van der Waals surface area contributed by atoms with Crippen LogP contribution in [0.5, 0.6) is 0 Å². The minimum atomic E-state index is -1.09. The predicted molar refractivity (Wildman–Crippen MR) is 66.1 cm³/mol. The number of aliphatic carboxylic acids is 1. The molecule has 0 radical (unpaired) electrons. The number of carboxylic acids is 1. The smallest absolute Gasteiger partial charge is 0.327 e. The van der Waals surface area contributed by atoms with E-state index >= 15 is 0 Å². The molecule has 0 saturated carbocycles. The van der Waals surface area contributed by atoms with Gasteiger partial charge < -0.3 is 15.3 Å². The molecule has 5 nitrogen and oxygen atoms in total. The molecule has 2 rings (SSSR count). The summed E-state index contributed by atoms with van der Waals surface area (Å²) in [5.74, 6) is -3.50. The molecular weight excluding hydrogens is 270 g/mol. The Morgan fingerprint density at radius 2 is 2.10 bits per heavy atom. The molecule has 1 aromatic carbocycles. The zero-order valence-corrected chi connectivity index (χ0v) is 10.6. The lowest BCUT2D eigenvalue weighted by atomic mass is 10.1. The lowest BCUT2D eigenvalue weighted by Crippen LogP contribution is -2.57. The first-order valence-electron chi connectivity index (χ1n) is 6.16. The topological polar surface area (TPSA) is 69.6 Å². The third kappa shape index (κ3) is 3.11. The van der Waals surface area contributed by atoms with Gasteiger partial charge in [0.1, 0.15) is 6.04 Å². The first-order valence-corrected chi connectivity index (χ1v) is 6.16. The average molecular weight is 284 g/mol. The fourth-order valence-corrected chi connectivity index (χ4v) is 2.15. The molecule has 1 aromatic rings. The SMILES string of the molecule is O=C(O)C1CNCCN1C(=O)Cc1ccc(F)c(F)c1. The summed E-state index contributed by atoms with van der Waals surface area (Å²) in [5, 5.41) is 12.0. The van der Waals surface area contributed by atoms with Crippen molar-refractivity contribution in [2.75, 3.05) is 19.6 Å². The van der Waals surface area contributed by atoms with Crippen LogP contribution in [-0.4, -0.2) is 47.6 Å². The maximum Gasteiger partial charge on any atom is 0.327 e. The molecule has 1 aliphatic rings. The van der Waals surface area contributed by atoms with Crippen molar-refractivity contribution >= 4 is 11.9 Å². The van der Waals surface area contributed by atoms with E-state index in [1.165, 1.54) is 11.0 Å². The van der Waals surface area contributed by atoms with Crippen LogP contribution >= 0.6 is 0 Å². The monoisotopic (exact) mass is 284 g/mol. The van der Waals surface area contributed by atoms with Gasteiger partial charge in [-0.25, -0.2) is 13.6 Å². The van der Waals surface area contributed by atoms with E-state index < -0.39 is 29.6 Å². The predicted octanol–water partition coefficient (Wildman–Crippen LogP) is 0.392. The van der Waals surface area contributed by atoms with Crippen LogP contribution in [0.25, 0.3) is 0 Å². The highest BCUT2D eigenvalue weighted by atomic mass is 19.2. The average Bonchev–Trinajstić information content (AvgIpc) is 2.43. The van der Waals surface area contributed by atoms with E-state index in [0.717, 1.165) is 12.1 Å². The Morgan fingerprint density at radius 3 is 2.75 bits per heavy atom. The van der Waals surface area contributed by atoms with Crippen LogP contribution in [0.2, 0.25) is 0 Å². The highest BCUT2D eigenvalue weighted by molar-refractivity contribution is 5.85. The van der Waals surface area contributed by atoms with Gasteiger partial charge in [-0.2, -0.15) is 0 Å². The van der Waals surface area contributed by atoms with E-state index in [9.17, 15) is 18.4 Å². The summed E-state index contributed by atoms with van der Waals surface area (Å²) in [5.41, 5.74) is 0.316. The third-order valence-corrected chi connectivity index (χ3v) is 3.19. The molecule has 0 bridgehead atoms. The number of hydrogen-bond acceptors (Lipinski definition) is 3. The molecule has 7 heteroatoms. The maximum atomic E-state index is 13.1. The molecule has 0 aromatic heterocycles. The fraction of sp³-hybridized carbons (Fsp3) is 0.385. The van der Waals surface area contributed by atoms with Crippen LogP contribution in [-0.2, 0) is 16.0 Å². The van der Waals surface area contributed by atoms with Crippen LogP contribution in [0.15, 0.2) is 18.2 Å². The molecular formula is C13H14F2N2O3. The number of halogens is 2. The standard InChI is InChI=1S/C13H14F2N2O3/c14-9-2-1-8(5-10(9)15)6-12(18)17-4-3-16-7-11(17)13(19)20/h1-2,5,11,16H,3-4,6-7H2,(H,19,20). The Kier molecular flexibility index (Phi) is 4.29. The summed E-state index contributed by atoms with van der Waals surface area (Å²) in [7, 11) is 0. The molecule has 1 heterocycles. The fourth-order valence-electron chi connectivity index (χ4n) is 2.15. The van der Waals surface area contributed by atoms with E-state index in [1.807, 2.05) is 0 Å². The highest BCUT2D eigenvalue weighted by Gasteiger charge is 2.31. The number of carboxylic acid groups (broad SMARTS) is 1. The van der Waals surface area contributed by atoms with Crippen LogP contribution in [0.1, 0.15) is 5.56 Å². The molecule has 1 saturated heterocycles. The number of piperazine rings is 1. The number of hydrogen-bond donors (Lipinski definition) is 2. The second-order valence-corrected chi connectivity index (χ2v) is 4.57. The summed E-state index contributed by atoms with van der Waals surface area (Å²) < 4.78 is 25.9. The summed E-state index contributed by atoms with van der Waals surface area (Å²) in [6.07, 6.45) is -0.152. The van der Waals surface area contributed by atoms with Gasteiger partial charge in [0.15, 0.2) is 11.6 Å². The van der Waals surface area contributed by atoms with Crippen LogP contribution in [0.3, 0.4) is 0 Å². The van der Waals surface area contributed by atoms with Crippen molar-refractivity contribution in [2.45, 2.75) is 12.5 Å². The number of nitrogens with one attached hydrogen (secondary N) is 1. The summed E-state index contributed by atoms with van der Waals surface area (Å²) >= 11 is 0. The van der Waals surface area contributed by atoms with Crippen molar-refractivity contribution in [3.63, 3.8) is 0 Å². The van der Waals surface area contributed by atoms with Gasteiger partial charge in [-0.3, -0.25) is 4.79 Å².